The van der Waals surface area contributed by atoms with Crippen LogP contribution in [-0.2, 0) is 9.59 Å². The third-order valence-electron chi connectivity index (χ3n) is 6.92. The third kappa shape index (κ3) is 5.10. The molecule has 1 saturated heterocycles. The molecule has 0 bridgehead atoms. The van der Waals surface area contributed by atoms with Gasteiger partial charge < -0.3 is 26.4 Å². The van der Waals surface area contributed by atoms with E-state index >= 15 is 0 Å². The summed E-state index contributed by atoms with van der Waals surface area (Å²) in [6, 6.07) is 14.6. The molecule has 1 fully saturated rings. The Morgan fingerprint density at radius 1 is 1.08 bits per heavy atom. The average molecular weight is 549 g/mol. The van der Waals surface area contributed by atoms with Gasteiger partial charge in [-0.05, 0) is 55.8 Å². The number of rotatable bonds is 9. The van der Waals surface area contributed by atoms with Crippen LogP contribution in [0.3, 0.4) is 0 Å². The number of nitrogens with one attached hydrogen (secondary N) is 1. The molecule has 0 spiro atoms. The number of nitrogens with zero attached hydrogens (tertiary/aromatic N) is 5. The lowest BCUT2D eigenvalue weighted by molar-refractivity contribution is -0.125. The van der Waals surface area contributed by atoms with Crippen LogP contribution in [0.15, 0.2) is 54.9 Å². The molecule has 2 amide bonds. The van der Waals surface area contributed by atoms with E-state index in [-0.39, 0.29) is 12.5 Å². The quantitative estimate of drug-likeness (QED) is 0.288. The number of halogens is 1. The number of imidazole rings is 1. The number of aromatic nitrogens is 4. The van der Waals surface area contributed by atoms with E-state index in [1.807, 2.05) is 47.9 Å². The monoisotopic (exact) mass is 548 g/mol. The molecule has 12 heteroatoms. The minimum atomic E-state index is -0.738. The highest BCUT2D eigenvalue weighted by Gasteiger charge is 2.40. The summed E-state index contributed by atoms with van der Waals surface area (Å²) in [4.78, 5) is 39.7. The van der Waals surface area contributed by atoms with Crippen LogP contribution in [0.4, 0.5) is 5.82 Å². The molecule has 1 aliphatic rings. The molecule has 5 N–H and O–H groups in total. The van der Waals surface area contributed by atoms with Gasteiger partial charge in [-0.15, -0.1) is 0 Å². The normalized spacial score (nSPS) is 14.9. The van der Waals surface area contributed by atoms with Gasteiger partial charge in [0.2, 0.25) is 5.91 Å². The van der Waals surface area contributed by atoms with Gasteiger partial charge in [0, 0.05) is 24.3 Å². The highest BCUT2D eigenvalue weighted by atomic mass is 35.5. The molecule has 0 unspecified atom stereocenters. The zero-order valence-electron chi connectivity index (χ0n) is 21.4. The molecule has 0 atom stereocenters. The van der Waals surface area contributed by atoms with Gasteiger partial charge in [0.05, 0.1) is 5.02 Å². The molecule has 2 aromatic heterocycles. The summed E-state index contributed by atoms with van der Waals surface area (Å²) in [5.41, 5.74) is 12.9. The number of fused-ring (bicyclic) bond motifs is 1. The largest absolute Gasteiger partial charge is 0.484 e. The number of carbonyl (C=O) groups excluding carboxylic acids is 2. The lowest BCUT2D eigenvalue weighted by atomic mass is 9.86. The molecule has 2 aromatic carbocycles. The number of amides is 2. The minimum Gasteiger partial charge on any atom is -0.484 e. The van der Waals surface area contributed by atoms with Crippen LogP contribution in [0, 0.1) is 0 Å². The Balaban J connectivity index is 1.58. The van der Waals surface area contributed by atoms with Crippen LogP contribution in [0.2, 0.25) is 5.02 Å². The Kier molecular flexibility index (Phi) is 7.36. The number of benzene rings is 2. The van der Waals surface area contributed by atoms with Gasteiger partial charge in [-0.1, -0.05) is 30.7 Å². The standard InChI is InChI=1S/C27H29ClN8O3/c1-2-33-27(26(30)38)11-13-35(14-12-27)24-22-25(32-16-31-24)36(23(34-22)19-5-3-4-6-20(19)28)17-7-9-18(10-8-17)39-15-21(29)37/h3-10,16,33H,2,11-15H2,1H3,(H2,29,37)(H2,30,38). The second-order valence-electron chi connectivity index (χ2n) is 9.33. The molecule has 5 rings (SSSR count). The zero-order chi connectivity index (χ0) is 27.6. The Labute approximate surface area is 230 Å². The van der Waals surface area contributed by atoms with Crippen molar-refractivity contribution in [1.29, 1.82) is 0 Å². The maximum Gasteiger partial charge on any atom is 0.255 e. The fraction of sp³-hybridized carbons (Fsp3) is 0.296. The van der Waals surface area contributed by atoms with Crippen LogP contribution in [-0.4, -0.2) is 63.1 Å². The molecule has 4 aromatic rings. The first-order chi connectivity index (χ1) is 18.8. The molecule has 1 aliphatic heterocycles. The molecular formula is C27H29ClN8O3. The highest BCUT2D eigenvalue weighted by molar-refractivity contribution is 6.33. The first-order valence-corrected chi connectivity index (χ1v) is 13.0. The van der Waals surface area contributed by atoms with Crippen molar-refractivity contribution in [3.05, 3.63) is 59.9 Å². The summed E-state index contributed by atoms with van der Waals surface area (Å²) in [5.74, 6) is 0.873. The number of hydrogen-bond acceptors (Lipinski definition) is 8. The van der Waals surface area contributed by atoms with Gasteiger partial charge in [-0.3, -0.25) is 14.2 Å². The lowest BCUT2D eigenvalue weighted by Crippen LogP contribution is -2.61. The first kappa shape index (κ1) is 26.4. The van der Waals surface area contributed by atoms with Crippen molar-refractivity contribution in [1.82, 2.24) is 24.8 Å². The van der Waals surface area contributed by atoms with E-state index in [4.69, 9.17) is 32.8 Å². The van der Waals surface area contributed by atoms with E-state index < -0.39 is 11.4 Å². The minimum absolute atomic E-state index is 0.213. The second kappa shape index (κ2) is 10.9. The summed E-state index contributed by atoms with van der Waals surface area (Å²) in [5, 5.41) is 3.83. The van der Waals surface area contributed by atoms with E-state index in [1.165, 1.54) is 6.33 Å². The van der Waals surface area contributed by atoms with Gasteiger partial charge in [-0.2, -0.15) is 0 Å². The number of nitrogens with two attached hydrogens (primary N) is 2. The van der Waals surface area contributed by atoms with Crippen LogP contribution >= 0.6 is 11.6 Å². The highest BCUT2D eigenvalue weighted by Crippen LogP contribution is 2.36. The van der Waals surface area contributed by atoms with Gasteiger partial charge >= 0.3 is 0 Å². The number of ether oxygens (including phenoxy) is 1. The van der Waals surface area contributed by atoms with Gasteiger partial charge in [-0.25, -0.2) is 15.0 Å². The van der Waals surface area contributed by atoms with E-state index in [9.17, 15) is 9.59 Å². The van der Waals surface area contributed by atoms with E-state index in [0.29, 0.717) is 66.1 Å². The third-order valence-corrected chi connectivity index (χ3v) is 7.25. The fourth-order valence-electron chi connectivity index (χ4n) is 4.97. The molecule has 0 aliphatic carbocycles. The number of anilines is 1. The number of piperidine rings is 1. The van der Waals surface area contributed by atoms with Crippen LogP contribution in [0.5, 0.6) is 5.75 Å². The average Bonchev–Trinajstić information content (AvgIpc) is 3.32. The van der Waals surface area contributed by atoms with Crippen molar-refractivity contribution >= 4 is 40.4 Å². The van der Waals surface area contributed by atoms with E-state index in [2.05, 4.69) is 20.2 Å². The Bertz CT molecular complexity index is 1510. The molecular weight excluding hydrogens is 520 g/mol. The molecule has 3 heterocycles. The lowest BCUT2D eigenvalue weighted by Gasteiger charge is -2.40. The number of hydrogen-bond donors (Lipinski definition) is 3. The van der Waals surface area contributed by atoms with E-state index in [1.54, 1.807) is 12.1 Å². The molecule has 11 nitrogen and oxygen atoms in total. The Morgan fingerprint density at radius 3 is 2.44 bits per heavy atom. The molecule has 202 valence electrons. The summed E-state index contributed by atoms with van der Waals surface area (Å²) >= 11 is 6.61. The number of likely N-dealkylation sites (N-methyl/N-ethyl adjacent to an activating group) is 1. The van der Waals surface area contributed by atoms with Crippen molar-refractivity contribution in [2.24, 2.45) is 11.5 Å². The predicted octanol–water partition coefficient (Wildman–Crippen LogP) is 2.43. The van der Waals surface area contributed by atoms with Gasteiger partial charge in [0.1, 0.15) is 23.4 Å². The van der Waals surface area contributed by atoms with Crippen molar-refractivity contribution in [2.75, 3.05) is 31.1 Å². The van der Waals surface area contributed by atoms with Crippen molar-refractivity contribution in [3.63, 3.8) is 0 Å². The maximum absolute atomic E-state index is 12.3. The molecule has 0 saturated carbocycles. The number of carbonyl (C=O) groups is 2. The summed E-state index contributed by atoms with van der Waals surface area (Å²) in [6.07, 6.45) is 2.61. The fourth-order valence-corrected chi connectivity index (χ4v) is 5.19. The zero-order valence-corrected chi connectivity index (χ0v) is 22.2. The van der Waals surface area contributed by atoms with Crippen LogP contribution in [0.1, 0.15) is 19.8 Å². The summed E-state index contributed by atoms with van der Waals surface area (Å²) in [6.45, 7) is 3.54. The van der Waals surface area contributed by atoms with Crippen molar-refractivity contribution in [3.8, 4) is 22.8 Å². The van der Waals surface area contributed by atoms with Crippen molar-refractivity contribution < 1.29 is 14.3 Å². The maximum atomic E-state index is 12.3. The molecule has 0 radical (unpaired) electrons. The number of primary amides is 2. The summed E-state index contributed by atoms with van der Waals surface area (Å²) < 4.78 is 7.33. The smallest absolute Gasteiger partial charge is 0.255 e. The van der Waals surface area contributed by atoms with Crippen molar-refractivity contribution in [2.45, 2.75) is 25.3 Å². The van der Waals surface area contributed by atoms with E-state index in [0.717, 1.165) is 11.3 Å². The summed E-state index contributed by atoms with van der Waals surface area (Å²) in [7, 11) is 0. The topological polar surface area (TPSA) is 154 Å². The van der Waals surface area contributed by atoms with Gasteiger partial charge in [0.15, 0.2) is 23.6 Å². The predicted molar refractivity (Wildman–Crippen MR) is 149 cm³/mol. The van der Waals surface area contributed by atoms with Gasteiger partial charge in [0.25, 0.3) is 5.91 Å². The second-order valence-corrected chi connectivity index (χ2v) is 9.74. The molecule has 39 heavy (non-hydrogen) atoms. The Hall–Kier alpha value is -4.22. The van der Waals surface area contributed by atoms with Crippen LogP contribution in [0.25, 0.3) is 28.2 Å². The SMILES string of the molecule is CCNC1(C(N)=O)CCN(c2ncnc3c2nc(-c2ccccc2Cl)n3-c2ccc(OCC(N)=O)cc2)CC1. The Morgan fingerprint density at radius 2 is 1.79 bits per heavy atom. The van der Waals surface area contributed by atoms with Crippen LogP contribution < -0.4 is 26.4 Å². The first-order valence-electron chi connectivity index (χ1n) is 12.6.